The van der Waals surface area contributed by atoms with Crippen LogP contribution in [0.5, 0.6) is 0 Å². The number of halogens is 2. The molecule has 1 unspecified atom stereocenters. The second kappa shape index (κ2) is 4.84. The van der Waals surface area contributed by atoms with Crippen LogP contribution in [0.4, 0.5) is 8.78 Å². The van der Waals surface area contributed by atoms with Gasteiger partial charge in [-0.15, -0.1) is 0 Å². The molecule has 1 aliphatic heterocycles. The van der Waals surface area contributed by atoms with Gasteiger partial charge in [0.2, 0.25) is 5.91 Å². The number of rotatable bonds is 3. The molecular formula is C13H13F2NO2. The van der Waals surface area contributed by atoms with E-state index < -0.39 is 23.0 Å². The normalized spacial score (nSPS) is 19.4. The summed E-state index contributed by atoms with van der Waals surface area (Å²) in [5, 5.41) is 0. The van der Waals surface area contributed by atoms with Gasteiger partial charge in [0.1, 0.15) is 11.6 Å². The van der Waals surface area contributed by atoms with Crippen LogP contribution in [0.3, 0.4) is 0 Å². The van der Waals surface area contributed by atoms with E-state index in [4.69, 9.17) is 0 Å². The molecule has 0 aliphatic carbocycles. The maximum absolute atomic E-state index is 13.4. The first-order valence-corrected chi connectivity index (χ1v) is 5.74. The van der Waals surface area contributed by atoms with Gasteiger partial charge in [-0.25, -0.2) is 8.78 Å². The largest absolute Gasteiger partial charge is 0.335 e. The van der Waals surface area contributed by atoms with E-state index in [0.717, 1.165) is 12.1 Å². The summed E-state index contributed by atoms with van der Waals surface area (Å²) in [5.41, 5.74) is -0.565. The van der Waals surface area contributed by atoms with Gasteiger partial charge >= 0.3 is 0 Å². The number of likely N-dealkylation sites (tertiary alicyclic amines) is 1. The molecule has 1 amide bonds. The molecule has 1 saturated heterocycles. The van der Waals surface area contributed by atoms with E-state index in [1.165, 1.54) is 11.0 Å². The maximum Gasteiger partial charge on any atom is 0.223 e. The number of hydrogen-bond acceptors (Lipinski definition) is 2. The Morgan fingerprint density at radius 2 is 2.00 bits per heavy atom. The van der Waals surface area contributed by atoms with E-state index in [9.17, 15) is 18.4 Å². The Hall–Kier alpha value is -1.78. The first-order valence-electron chi connectivity index (χ1n) is 5.74. The average Bonchev–Trinajstić information content (AvgIpc) is 2.57. The highest BCUT2D eigenvalue weighted by atomic mass is 19.1. The fourth-order valence-electron chi connectivity index (χ4n) is 2.14. The van der Waals surface area contributed by atoms with Crippen molar-refractivity contribution >= 4 is 11.7 Å². The summed E-state index contributed by atoms with van der Waals surface area (Å²) in [6, 6.07) is 3.26. The summed E-state index contributed by atoms with van der Waals surface area (Å²) in [5.74, 6) is -2.45. The smallest absolute Gasteiger partial charge is 0.223 e. The standard InChI is InChI=1S/C13H13F2NO2/c1-8-5-12(18)16(6-8)7-11(17)13-9(14)3-2-4-10(13)15/h2-4,8H,5-7H2,1H3. The molecule has 18 heavy (non-hydrogen) atoms. The first kappa shape index (κ1) is 12.7. The molecule has 1 aromatic rings. The maximum atomic E-state index is 13.4. The van der Waals surface area contributed by atoms with Crippen LogP contribution in [0.1, 0.15) is 23.7 Å². The van der Waals surface area contributed by atoms with E-state index in [-0.39, 0.29) is 18.4 Å². The molecule has 0 spiro atoms. The third kappa shape index (κ3) is 2.39. The number of ketones is 1. The quantitative estimate of drug-likeness (QED) is 0.773. The molecule has 1 aliphatic rings. The van der Waals surface area contributed by atoms with Gasteiger partial charge in [-0.2, -0.15) is 0 Å². The predicted octanol–water partition coefficient (Wildman–Crippen LogP) is 2.02. The van der Waals surface area contributed by atoms with Gasteiger partial charge in [-0.1, -0.05) is 13.0 Å². The van der Waals surface area contributed by atoms with E-state index in [0.29, 0.717) is 13.0 Å². The number of carbonyl (C=O) groups excluding carboxylic acids is 2. The number of benzene rings is 1. The molecule has 0 saturated carbocycles. The topological polar surface area (TPSA) is 37.4 Å². The molecule has 0 aromatic heterocycles. The molecular weight excluding hydrogens is 240 g/mol. The minimum absolute atomic E-state index is 0.146. The van der Waals surface area contributed by atoms with Crippen molar-refractivity contribution in [3.8, 4) is 0 Å². The monoisotopic (exact) mass is 253 g/mol. The first-order chi connectivity index (χ1) is 8.49. The highest BCUT2D eigenvalue weighted by Gasteiger charge is 2.29. The zero-order chi connectivity index (χ0) is 13.3. The summed E-state index contributed by atoms with van der Waals surface area (Å²) in [4.78, 5) is 24.7. The fourth-order valence-corrected chi connectivity index (χ4v) is 2.14. The van der Waals surface area contributed by atoms with Crippen LogP contribution in [0.15, 0.2) is 18.2 Å². The van der Waals surface area contributed by atoms with Crippen molar-refractivity contribution in [1.82, 2.24) is 4.90 Å². The van der Waals surface area contributed by atoms with Gasteiger partial charge in [0, 0.05) is 13.0 Å². The van der Waals surface area contributed by atoms with Crippen molar-refractivity contribution in [2.24, 2.45) is 5.92 Å². The number of amides is 1. The third-order valence-corrected chi connectivity index (χ3v) is 2.98. The van der Waals surface area contributed by atoms with Crippen molar-refractivity contribution in [2.75, 3.05) is 13.1 Å². The van der Waals surface area contributed by atoms with E-state index >= 15 is 0 Å². The number of hydrogen-bond donors (Lipinski definition) is 0. The van der Waals surface area contributed by atoms with Crippen molar-refractivity contribution in [2.45, 2.75) is 13.3 Å². The SMILES string of the molecule is CC1CC(=O)N(CC(=O)c2c(F)cccc2F)C1. The van der Waals surface area contributed by atoms with E-state index in [1.807, 2.05) is 6.92 Å². The van der Waals surface area contributed by atoms with Gasteiger partial charge in [0.05, 0.1) is 12.1 Å². The Morgan fingerprint density at radius 3 is 2.50 bits per heavy atom. The van der Waals surface area contributed by atoms with Crippen LogP contribution >= 0.6 is 0 Å². The molecule has 1 heterocycles. The molecule has 2 rings (SSSR count). The molecule has 96 valence electrons. The van der Waals surface area contributed by atoms with Crippen LogP contribution in [-0.2, 0) is 4.79 Å². The molecule has 0 bridgehead atoms. The molecule has 5 heteroatoms. The summed E-state index contributed by atoms with van der Waals surface area (Å²) < 4.78 is 26.8. The van der Waals surface area contributed by atoms with Crippen molar-refractivity contribution < 1.29 is 18.4 Å². The van der Waals surface area contributed by atoms with E-state index in [2.05, 4.69) is 0 Å². The lowest BCUT2D eigenvalue weighted by atomic mass is 10.1. The molecule has 0 N–H and O–H groups in total. The molecule has 1 aromatic carbocycles. The van der Waals surface area contributed by atoms with Crippen molar-refractivity contribution in [3.05, 3.63) is 35.4 Å². The molecule has 1 atom stereocenters. The highest BCUT2D eigenvalue weighted by molar-refractivity contribution is 6.00. The van der Waals surface area contributed by atoms with Gasteiger partial charge in [-0.3, -0.25) is 9.59 Å². The Morgan fingerprint density at radius 1 is 1.39 bits per heavy atom. The zero-order valence-electron chi connectivity index (χ0n) is 9.95. The van der Waals surface area contributed by atoms with Gasteiger partial charge in [0.25, 0.3) is 0 Å². The zero-order valence-corrected chi connectivity index (χ0v) is 9.95. The fraction of sp³-hybridized carbons (Fsp3) is 0.385. The Bertz CT molecular complexity index is 482. The van der Waals surface area contributed by atoms with E-state index in [1.54, 1.807) is 0 Å². The molecule has 0 radical (unpaired) electrons. The average molecular weight is 253 g/mol. The molecule has 1 fully saturated rings. The predicted molar refractivity (Wildman–Crippen MR) is 61.0 cm³/mol. The Balaban J connectivity index is 2.15. The van der Waals surface area contributed by atoms with Crippen LogP contribution in [0.2, 0.25) is 0 Å². The van der Waals surface area contributed by atoms with Crippen LogP contribution in [0.25, 0.3) is 0 Å². The Labute approximate surface area is 103 Å². The summed E-state index contributed by atoms with van der Waals surface area (Å²) in [6.07, 6.45) is 0.382. The van der Waals surface area contributed by atoms with Gasteiger partial charge < -0.3 is 4.90 Å². The van der Waals surface area contributed by atoms with Crippen molar-refractivity contribution in [1.29, 1.82) is 0 Å². The molecule has 3 nitrogen and oxygen atoms in total. The third-order valence-electron chi connectivity index (χ3n) is 2.98. The second-order valence-electron chi connectivity index (χ2n) is 4.60. The van der Waals surface area contributed by atoms with Gasteiger partial charge in [0.15, 0.2) is 5.78 Å². The Kier molecular flexibility index (Phi) is 3.41. The van der Waals surface area contributed by atoms with Gasteiger partial charge in [-0.05, 0) is 18.1 Å². The minimum Gasteiger partial charge on any atom is -0.335 e. The lowest BCUT2D eigenvalue weighted by Crippen LogP contribution is -2.32. The highest BCUT2D eigenvalue weighted by Crippen LogP contribution is 2.19. The number of nitrogens with zero attached hydrogens (tertiary/aromatic N) is 1. The van der Waals surface area contributed by atoms with Crippen molar-refractivity contribution in [3.63, 3.8) is 0 Å². The van der Waals surface area contributed by atoms with Crippen LogP contribution in [-0.4, -0.2) is 29.7 Å². The number of Topliss-reactive ketones (excluding diaryl/α,β-unsaturated/α-hetero) is 1. The van der Waals surface area contributed by atoms with Crippen LogP contribution in [0, 0.1) is 17.6 Å². The summed E-state index contributed by atoms with van der Waals surface area (Å²) >= 11 is 0. The lowest BCUT2D eigenvalue weighted by molar-refractivity contribution is -0.127. The summed E-state index contributed by atoms with van der Waals surface area (Å²) in [6.45, 7) is 2.09. The summed E-state index contributed by atoms with van der Waals surface area (Å²) in [7, 11) is 0. The number of carbonyl (C=O) groups is 2. The minimum atomic E-state index is -0.889. The van der Waals surface area contributed by atoms with Crippen LogP contribution < -0.4 is 0 Å². The second-order valence-corrected chi connectivity index (χ2v) is 4.60. The lowest BCUT2D eigenvalue weighted by Gasteiger charge is -2.15.